The first-order valence-corrected chi connectivity index (χ1v) is 7.65. The van der Waals surface area contributed by atoms with Crippen LogP contribution in [0.3, 0.4) is 0 Å². The molecule has 5 heteroatoms. The zero-order valence-corrected chi connectivity index (χ0v) is 12.2. The van der Waals surface area contributed by atoms with Gasteiger partial charge >= 0.3 is 0 Å². The number of rotatable bonds is 4. The second-order valence-electron chi connectivity index (χ2n) is 4.24. The first kappa shape index (κ1) is 14.3. The number of nitrogens with zero attached hydrogens (tertiary/aromatic N) is 2. The van der Waals surface area contributed by atoms with E-state index < -0.39 is 10.0 Å². The SMILES string of the molecule is C/C=C\C=C(/C)c1nccn1S(=O)(=O)c1ccccc1. The maximum atomic E-state index is 12.6. The Labute approximate surface area is 119 Å². The van der Waals surface area contributed by atoms with E-state index in [1.54, 1.807) is 30.3 Å². The molecule has 1 aromatic heterocycles. The van der Waals surface area contributed by atoms with Gasteiger partial charge in [-0.2, -0.15) is 0 Å². The third kappa shape index (κ3) is 2.72. The molecule has 2 aromatic rings. The maximum Gasteiger partial charge on any atom is 0.269 e. The fourth-order valence-electron chi connectivity index (χ4n) is 1.78. The molecule has 20 heavy (non-hydrogen) atoms. The van der Waals surface area contributed by atoms with Gasteiger partial charge in [-0.15, -0.1) is 0 Å². The summed E-state index contributed by atoms with van der Waals surface area (Å²) in [5, 5.41) is 0. The standard InChI is InChI=1S/C15H16N2O2S/c1-3-4-8-13(2)15-16-11-12-17(15)20(18,19)14-9-6-5-7-10-14/h3-12H,1-2H3/b4-3-,13-8+. The van der Waals surface area contributed by atoms with Gasteiger partial charge in [0.1, 0.15) is 5.82 Å². The molecule has 104 valence electrons. The first-order valence-electron chi connectivity index (χ1n) is 6.21. The van der Waals surface area contributed by atoms with Crippen molar-refractivity contribution in [3.63, 3.8) is 0 Å². The summed E-state index contributed by atoms with van der Waals surface area (Å²) in [7, 11) is -3.61. The van der Waals surface area contributed by atoms with Crippen molar-refractivity contribution in [3.8, 4) is 0 Å². The molecule has 0 bridgehead atoms. The van der Waals surface area contributed by atoms with Crippen LogP contribution in [0.15, 0.2) is 65.8 Å². The predicted molar refractivity (Wildman–Crippen MR) is 79.7 cm³/mol. The van der Waals surface area contributed by atoms with Crippen LogP contribution in [0.5, 0.6) is 0 Å². The molecular formula is C15H16N2O2S. The average molecular weight is 288 g/mol. The Kier molecular flexibility index (Phi) is 4.20. The second-order valence-corrected chi connectivity index (χ2v) is 6.06. The monoisotopic (exact) mass is 288 g/mol. The summed E-state index contributed by atoms with van der Waals surface area (Å²) >= 11 is 0. The summed E-state index contributed by atoms with van der Waals surface area (Å²) in [5.74, 6) is 0.423. The lowest BCUT2D eigenvalue weighted by atomic mass is 10.2. The predicted octanol–water partition coefficient (Wildman–Crippen LogP) is 3.10. The molecule has 0 spiro atoms. The lowest BCUT2D eigenvalue weighted by molar-refractivity contribution is 0.586. The smallest absolute Gasteiger partial charge is 0.236 e. The van der Waals surface area contributed by atoms with Crippen molar-refractivity contribution in [1.29, 1.82) is 0 Å². The van der Waals surface area contributed by atoms with Crippen LogP contribution in [-0.4, -0.2) is 17.4 Å². The minimum absolute atomic E-state index is 0.248. The Morgan fingerprint density at radius 1 is 1.25 bits per heavy atom. The number of aromatic nitrogens is 2. The Bertz CT molecular complexity index is 741. The van der Waals surface area contributed by atoms with Gasteiger partial charge in [0.15, 0.2) is 0 Å². The van der Waals surface area contributed by atoms with Crippen LogP contribution in [0.1, 0.15) is 19.7 Å². The van der Waals surface area contributed by atoms with E-state index in [2.05, 4.69) is 4.98 Å². The van der Waals surface area contributed by atoms with E-state index in [1.807, 2.05) is 32.1 Å². The number of hydrogen-bond donors (Lipinski definition) is 0. The fourth-order valence-corrected chi connectivity index (χ4v) is 3.14. The molecule has 0 N–H and O–H groups in total. The van der Waals surface area contributed by atoms with Crippen molar-refractivity contribution in [2.75, 3.05) is 0 Å². The quantitative estimate of drug-likeness (QED) is 0.812. The molecule has 0 aliphatic carbocycles. The van der Waals surface area contributed by atoms with Gasteiger partial charge in [-0.3, -0.25) is 0 Å². The van der Waals surface area contributed by atoms with E-state index in [0.717, 1.165) is 5.57 Å². The van der Waals surface area contributed by atoms with Crippen molar-refractivity contribution < 1.29 is 8.42 Å². The summed E-state index contributed by atoms with van der Waals surface area (Å²) in [6, 6.07) is 8.33. The molecular weight excluding hydrogens is 272 g/mol. The van der Waals surface area contributed by atoms with E-state index in [-0.39, 0.29) is 4.90 Å². The summed E-state index contributed by atoms with van der Waals surface area (Å²) < 4.78 is 26.3. The molecule has 0 fully saturated rings. The summed E-state index contributed by atoms with van der Waals surface area (Å²) in [6.07, 6.45) is 8.51. The molecule has 0 aliphatic rings. The van der Waals surface area contributed by atoms with E-state index in [4.69, 9.17) is 0 Å². The van der Waals surface area contributed by atoms with Gasteiger partial charge in [0.05, 0.1) is 4.90 Å². The molecule has 1 heterocycles. The number of imidazole rings is 1. The Morgan fingerprint density at radius 3 is 2.60 bits per heavy atom. The maximum absolute atomic E-state index is 12.6. The highest BCUT2D eigenvalue weighted by atomic mass is 32.2. The molecule has 2 rings (SSSR count). The molecule has 0 radical (unpaired) electrons. The summed E-state index contributed by atoms with van der Waals surface area (Å²) in [4.78, 5) is 4.39. The van der Waals surface area contributed by atoms with Gasteiger partial charge in [0.2, 0.25) is 0 Å². The number of hydrogen-bond acceptors (Lipinski definition) is 3. The third-order valence-corrected chi connectivity index (χ3v) is 4.48. The van der Waals surface area contributed by atoms with Crippen LogP contribution < -0.4 is 0 Å². The van der Waals surface area contributed by atoms with Crippen molar-refractivity contribution in [1.82, 2.24) is 8.96 Å². The van der Waals surface area contributed by atoms with E-state index in [9.17, 15) is 8.42 Å². The highest BCUT2D eigenvalue weighted by molar-refractivity contribution is 7.90. The van der Waals surface area contributed by atoms with Gasteiger partial charge in [0.25, 0.3) is 10.0 Å². The molecule has 1 aromatic carbocycles. The highest BCUT2D eigenvalue weighted by Gasteiger charge is 2.20. The molecule has 0 amide bonds. The Balaban J connectivity index is 2.53. The van der Waals surface area contributed by atoms with Gasteiger partial charge in [-0.25, -0.2) is 17.4 Å². The summed E-state index contributed by atoms with van der Waals surface area (Å²) in [6.45, 7) is 3.73. The van der Waals surface area contributed by atoms with Crippen LogP contribution in [0, 0.1) is 0 Å². The Hall–Kier alpha value is -2.14. The molecule has 0 saturated heterocycles. The van der Waals surface area contributed by atoms with E-state index >= 15 is 0 Å². The molecule has 0 saturated carbocycles. The van der Waals surface area contributed by atoms with Gasteiger partial charge in [0, 0.05) is 12.4 Å². The van der Waals surface area contributed by atoms with Crippen LogP contribution in [-0.2, 0) is 10.0 Å². The first-order chi connectivity index (χ1) is 9.57. The third-order valence-electron chi connectivity index (χ3n) is 2.80. The van der Waals surface area contributed by atoms with Crippen LogP contribution in [0.25, 0.3) is 5.57 Å². The van der Waals surface area contributed by atoms with Gasteiger partial charge in [-0.05, 0) is 31.6 Å². The zero-order chi connectivity index (χ0) is 14.6. The average Bonchev–Trinajstić information content (AvgIpc) is 2.96. The summed E-state index contributed by atoms with van der Waals surface area (Å²) in [5.41, 5.74) is 0.785. The van der Waals surface area contributed by atoms with Gasteiger partial charge in [-0.1, -0.05) is 36.4 Å². The topological polar surface area (TPSA) is 52.0 Å². The molecule has 0 aliphatic heterocycles. The van der Waals surface area contributed by atoms with Crippen LogP contribution in [0.4, 0.5) is 0 Å². The molecule has 4 nitrogen and oxygen atoms in total. The minimum Gasteiger partial charge on any atom is -0.236 e. The Morgan fingerprint density at radius 2 is 1.95 bits per heavy atom. The lowest BCUT2D eigenvalue weighted by Crippen LogP contribution is -2.14. The van der Waals surface area contributed by atoms with Crippen LogP contribution in [0.2, 0.25) is 0 Å². The highest BCUT2D eigenvalue weighted by Crippen LogP contribution is 2.19. The van der Waals surface area contributed by atoms with Crippen molar-refractivity contribution in [2.24, 2.45) is 0 Å². The van der Waals surface area contributed by atoms with E-state index in [1.165, 1.54) is 16.4 Å². The zero-order valence-electron chi connectivity index (χ0n) is 11.4. The second kappa shape index (κ2) is 5.88. The van der Waals surface area contributed by atoms with Crippen molar-refractivity contribution >= 4 is 15.6 Å². The van der Waals surface area contributed by atoms with Gasteiger partial charge < -0.3 is 0 Å². The van der Waals surface area contributed by atoms with E-state index in [0.29, 0.717) is 5.82 Å². The number of benzene rings is 1. The fraction of sp³-hybridized carbons (Fsp3) is 0.133. The van der Waals surface area contributed by atoms with Crippen molar-refractivity contribution in [2.45, 2.75) is 18.7 Å². The minimum atomic E-state index is -3.61. The largest absolute Gasteiger partial charge is 0.269 e. The normalized spacial score (nSPS) is 13.0. The number of allylic oxidation sites excluding steroid dienone is 4. The lowest BCUT2D eigenvalue weighted by Gasteiger charge is -2.09. The molecule has 0 atom stereocenters. The molecule has 0 unspecified atom stereocenters. The van der Waals surface area contributed by atoms with Crippen LogP contribution >= 0.6 is 0 Å². The van der Waals surface area contributed by atoms with Crippen molar-refractivity contribution in [3.05, 3.63) is 66.8 Å².